The molecule has 2 aromatic carbocycles. The zero-order valence-corrected chi connectivity index (χ0v) is 11.7. The van der Waals surface area contributed by atoms with E-state index in [9.17, 15) is 4.79 Å². The Bertz CT molecular complexity index is 672. The Kier molecular flexibility index (Phi) is 3.33. The van der Waals surface area contributed by atoms with Gasteiger partial charge in [-0.2, -0.15) is 0 Å². The summed E-state index contributed by atoms with van der Waals surface area (Å²) < 4.78 is 5.14. The Balaban J connectivity index is 2.00. The molecule has 1 atom stereocenters. The van der Waals surface area contributed by atoms with Crippen LogP contribution in [0.15, 0.2) is 59.6 Å². The third kappa shape index (κ3) is 2.02. The van der Waals surface area contributed by atoms with Crippen LogP contribution in [0.2, 0.25) is 0 Å². The van der Waals surface area contributed by atoms with E-state index in [1.807, 2.05) is 54.6 Å². The number of halogens is 1. The van der Waals surface area contributed by atoms with E-state index in [-0.39, 0.29) is 11.7 Å². The maximum atomic E-state index is 12.1. The summed E-state index contributed by atoms with van der Waals surface area (Å²) in [5.41, 5.74) is 2.85. The molecule has 20 heavy (non-hydrogen) atoms. The number of methoxy groups -OCH3 is 1. The molecule has 0 aromatic heterocycles. The number of rotatable bonds is 3. The summed E-state index contributed by atoms with van der Waals surface area (Å²) in [6.07, 6.45) is 0. The number of carbonyl (C=O) groups is 1. The first kappa shape index (κ1) is 12.9. The second-order valence-corrected chi connectivity index (χ2v) is 5.04. The minimum Gasteiger partial charge on any atom is -0.497 e. The summed E-state index contributed by atoms with van der Waals surface area (Å²) >= 11 is 6.11. The minimum absolute atomic E-state index is 0.0179. The molecule has 0 saturated heterocycles. The van der Waals surface area contributed by atoms with Gasteiger partial charge in [0.1, 0.15) is 5.75 Å². The molecule has 100 valence electrons. The van der Waals surface area contributed by atoms with Crippen LogP contribution in [0.5, 0.6) is 5.75 Å². The van der Waals surface area contributed by atoms with Gasteiger partial charge in [-0.3, -0.25) is 4.79 Å². The fourth-order valence-electron chi connectivity index (χ4n) is 2.47. The van der Waals surface area contributed by atoms with Crippen molar-refractivity contribution < 1.29 is 9.53 Å². The molecule has 2 nitrogen and oxygen atoms in total. The van der Waals surface area contributed by atoms with E-state index >= 15 is 0 Å². The summed E-state index contributed by atoms with van der Waals surface area (Å²) in [7, 11) is 1.62. The maximum absolute atomic E-state index is 12.1. The van der Waals surface area contributed by atoms with E-state index in [0.717, 1.165) is 22.4 Å². The molecule has 1 aliphatic rings. The first-order valence-electron chi connectivity index (χ1n) is 6.35. The number of Topliss-reactive ketones (excluding diaryl/α,β-unsaturated/α-hetero) is 1. The zero-order chi connectivity index (χ0) is 14.1. The lowest BCUT2D eigenvalue weighted by Gasteiger charge is -2.29. The number of ketones is 1. The molecule has 3 heteroatoms. The molecule has 0 spiro atoms. The normalized spacial score (nSPS) is 17.9. The first-order chi connectivity index (χ1) is 9.72. The third-order valence-electron chi connectivity index (χ3n) is 3.54. The minimum atomic E-state index is -0.268. The summed E-state index contributed by atoms with van der Waals surface area (Å²) in [6, 6.07) is 17.3. The van der Waals surface area contributed by atoms with Crippen molar-refractivity contribution in [3.8, 4) is 5.75 Å². The molecule has 0 aliphatic heterocycles. The summed E-state index contributed by atoms with van der Waals surface area (Å²) in [5, 5.41) is 0.344. The molecule has 1 aliphatic carbocycles. The summed E-state index contributed by atoms with van der Waals surface area (Å²) in [6.45, 7) is 0. The van der Waals surface area contributed by atoms with Crippen LogP contribution in [-0.2, 0) is 4.79 Å². The van der Waals surface area contributed by atoms with E-state index in [2.05, 4.69) is 0 Å². The van der Waals surface area contributed by atoms with Crippen LogP contribution in [0.3, 0.4) is 0 Å². The predicted molar refractivity (Wildman–Crippen MR) is 80.0 cm³/mol. The molecular formula is C17H13ClO2. The molecule has 3 rings (SSSR count). The number of carbonyl (C=O) groups excluding carboxylic acids is 1. The number of allylic oxidation sites excluding steroid dienone is 2. The Morgan fingerprint density at radius 1 is 1.00 bits per heavy atom. The zero-order valence-electron chi connectivity index (χ0n) is 11.0. The largest absolute Gasteiger partial charge is 0.497 e. The van der Waals surface area contributed by atoms with E-state index in [4.69, 9.17) is 16.3 Å². The van der Waals surface area contributed by atoms with E-state index in [0.29, 0.717) is 5.03 Å². The Morgan fingerprint density at radius 3 is 2.25 bits per heavy atom. The molecular weight excluding hydrogens is 272 g/mol. The average molecular weight is 285 g/mol. The Labute approximate surface area is 122 Å². The molecule has 0 bridgehead atoms. The van der Waals surface area contributed by atoms with Crippen molar-refractivity contribution in [2.24, 2.45) is 0 Å². The highest BCUT2D eigenvalue weighted by Crippen LogP contribution is 2.47. The number of ether oxygens (including phenoxy) is 1. The highest BCUT2D eigenvalue weighted by atomic mass is 35.5. The monoisotopic (exact) mass is 284 g/mol. The van der Waals surface area contributed by atoms with Crippen molar-refractivity contribution in [2.75, 3.05) is 7.11 Å². The standard InChI is InChI=1S/C17H13ClO2/c1-20-13-9-7-12(8-10-13)15-14(16(18)17(15)19)11-5-3-2-4-6-11/h2-10,15H,1H3/t15-/m0/s1. The van der Waals surface area contributed by atoms with Gasteiger partial charge >= 0.3 is 0 Å². The van der Waals surface area contributed by atoms with Gasteiger partial charge in [0.05, 0.1) is 18.1 Å². The molecule has 0 unspecified atom stereocenters. The number of benzene rings is 2. The molecule has 0 fully saturated rings. The van der Waals surface area contributed by atoms with Crippen LogP contribution in [-0.4, -0.2) is 12.9 Å². The summed E-state index contributed by atoms with van der Waals surface area (Å²) in [4.78, 5) is 12.1. The Morgan fingerprint density at radius 2 is 1.65 bits per heavy atom. The van der Waals surface area contributed by atoms with Crippen molar-refractivity contribution in [2.45, 2.75) is 5.92 Å². The predicted octanol–water partition coefficient (Wildman–Crippen LogP) is 4.01. The quantitative estimate of drug-likeness (QED) is 0.851. The van der Waals surface area contributed by atoms with Gasteiger partial charge in [0, 0.05) is 0 Å². The molecule has 0 radical (unpaired) electrons. The lowest BCUT2D eigenvalue weighted by molar-refractivity contribution is -0.116. The van der Waals surface area contributed by atoms with Gasteiger partial charge in [-0.15, -0.1) is 0 Å². The van der Waals surface area contributed by atoms with Crippen molar-refractivity contribution in [1.29, 1.82) is 0 Å². The van der Waals surface area contributed by atoms with Gasteiger partial charge in [-0.05, 0) is 28.8 Å². The van der Waals surface area contributed by atoms with Crippen LogP contribution < -0.4 is 4.74 Å². The molecule has 0 amide bonds. The summed E-state index contributed by atoms with van der Waals surface area (Å²) in [5.74, 6) is 0.489. The van der Waals surface area contributed by atoms with Crippen molar-refractivity contribution >= 4 is 23.0 Å². The molecule has 0 N–H and O–H groups in total. The SMILES string of the molecule is COc1ccc([C@@H]2C(=O)C(Cl)=C2c2ccccc2)cc1. The second-order valence-electron chi connectivity index (χ2n) is 4.66. The lowest BCUT2D eigenvalue weighted by atomic mass is 9.75. The van der Waals surface area contributed by atoms with Crippen molar-refractivity contribution in [3.63, 3.8) is 0 Å². The fourth-order valence-corrected chi connectivity index (χ4v) is 2.79. The van der Waals surface area contributed by atoms with E-state index in [1.165, 1.54) is 0 Å². The maximum Gasteiger partial charge on any atom is 0.186 e. The Hall–Kier alpha value is -2.06. The highest BCUT2D eigenvalue weighted by molar-refractivity contribution is 6.52. The van der Waals surface area contributed by atoms with Gasteiger partial charge in [0.15, 0.2) is 5.78 Å². The van der Waals surface area contributed by atoms with Crippen LogP contribution in [0.4, 0.5) is 0 Å². The van der Waals surface area contributed by atoms with Crippen LogP contribution in [0, 0.1) is 0 Å². The van der Waals surface area contributed by atoms with Gasteiger partial charge in [0.25, 0.3) is 0 Å². The number of hydrogen-bond donors (Lipinski definition) is 0. The molecule has 0 saturated carbocycles. The van der Waals surface area contributed by atoms with Crippen molar-refractivity contribution in [3.05, 3.63) is 70.8 Å². The smallest absolute Gasteiger partial charge is 0.186 e. The number of hydrogen-bond acceptors (Lipinski definition) is 2. The highest BCUT2D eigenvalue weighted by Gasteiger charge is 2.39. The van der Waals surface area contributed by atoms with Gasteiger partial charge in [-0.25, -0.2) is 0 Å². The van der Waals surface area contributed by atoms with Gasteiger partial charge < -0.3 is 4.74 Å². The molecule has 0 heterocycles. The van der Waals surface area contributed by atoms with E-state index < -0.39 is 0 Å². The van der Waals surface area contributed by atoms with Gasteiger partial charge in [-0.1, -0.05) is 54.1 Å². The molecule has 2 aromatic rings. The van der Waals surface area contributed by atoms with Gasteiger partial charge in [0.2, 0.25) is 0 Å². The first-order valence-corrected chi connectivity index (χ1v) is 6.73. The third-order valence-corrected chi connectivity index (χ3v) is 3.93. The topological polar surface area (TPSA) is 26.3 Å². The fraction of sp³-hybridized carbons (Fsp3) is 0.118. The van der Waals surface area contributed by atoms with Crippen molar-refractivity contribution in [1.82, 2.24) is 0 Å². The van der Waals surface area contributed by atoms with Crippen LogP contribution in [0.1, 0.15) is 17.0 Å². The van der Waals surface area contributed by atoms with Crippen LogP contribution >= 0.6 is 11.6 Å². The average Bonchev–Trinajstić information content (AvgIpc) is 2.52. The second kappa shape index (κ2) is 5.14. The van der Waals surface area contributed by atoms with Crippen LogP contribution in [0.25, 0.3) is 5.57 Å². The van der Waals surface area contributed by atoms with E-state index in [1.54, 1.807) is 7.11 Å². The lowest BCUT2D eigenvalue weighted by Crippen LogP contribution is -2.25.